The third-order valence-electron chi connectivity index (χ3n) is 4.22. The molecule has 5 nitrogen and oxygen atoms in total. The molecule has 0 bridgehead atoms. The van der Waals surface area contributed by atoms with Gasteiger partial charge in [0.15, 0.2) is 6.61 Å². The zero-order valence-corrected chi connectivity index (χ0v) is 17.0. The number of carbonyl (C=O) groups excluding carboxylic acids is 1. The van der Waals surface area contributed by atoms with Gasteiger partial charge in [-0.2, -0.15) is 5.10 Å². The number of rotatable bonds is 11. The summed E-state index contributed by atoms with van der Waals surface area (Å²) in [5.41, 5.74) is 4.58. The second kappa shape index (κ2) is 11.8. The lowest BCUT2D eigenvalue weighted by Crippen LogP contribution is -2.24. The molecule has 0 aliphatic heterocycles. The van der Waals surface area contributed by atoms with Crippen LogP contribution in [0.15, 0.2) is 53.6 Å². The Hall–Kier alpha value is -2.82. The Kier molecular flexibility index (Phi) is 9.05. The average molecular weight is 383 g/mol. The predicted molar refractivity (Wildman–Crippen MR) is 113 cm³/mol. The van der Waals surface area contributed by atoms with E-state index in [0.717, 1.165) is 24.3 Å². The van der Waals surface area contributed by atoms with Gasteiger partial charge in [0.25, 0.3) is 5.91 Å². The summed E-state index contributed by atoms with van der Waals surface area (Å²) in [5.74, 6) is 1.67. The minimum absolute atomic E-state index is 0.0805. The van der Waals surface area contributed by atoms with E-state index in [1.54, 1.807) is 6.21 Å². The van der Waals surface area contributed by atoms with Crippen molar-refractivity contribution in [3.63, 3.8) is 0 Å². The number of hydrazone groups is 1. The summed E-state index contributed by atoms with van der Waals surface area (Å²) in [7, 11) is 0. The molecule has 0 spiro atoms. The molecule has 2 rings (SSSR count). The van der Waals surface area contributed by atoms with Gasteiger partial charge in [0.1, 0.15) is 11.5 Å². The van der Waals surface area contributed by atoms with Crippen LogP contribution in [0, 0.1) is 0 Å². The molecule has 0 fully saturated rings. The summed E-state index contributed by atoms with van der Waals surface area (Å²) >= 11 is 0. The van der Waals surface area contributed by atoms with Gasteiger partial charge in [-0.25, -0.2) is 5.43 Å². The van der Waals surface area contributed by atoms with E-state index in [1.165, 1.54) is 18.4 Å². The Morgan fingerprint density at radius 1 is 1.00 bits per heavy atom. The van der Waals surface area contributed by atoms with Crippen LogP contribution in [0.25, 0.3) is 0 Å². The van der Waals surface area contributed by atoms with Crippen molar-refractivity contribution in [1.29, 1.82) is 0 Å². The van der Waals surface area contributed by atoms with Crippen molar-refractivity contribution in [3.05, 3.63) is 59.7 Å². The average Bonchev–Trinajstić information content (AvgIpc) is 2.71. The number of nitrogens with one attached hydrogen (secondary N) is 1. The molecule has 2 aromatic rings. The van der Waals surface area contributed by atoms with Crippen LogP contribution in [-0.4, -0.2) is 25.3 Å². The first kappa shape index (κ1) is 21.5. The first-order valence-corrected chi connectivity index (χ1v) is 9.86. The fourth-order valence-corrected chi connectivity index (χ4v) is 2.50. The first-order valence-electron chi connectivity index (χ1n) is 9.86. The maximum Gasteiger partial charge on any atom is 0.277 e. The summed E-state index contributed by atoms with van der Waals surface area (Å²) < 4.78 is 11.1. The molecule has 2 aromatic carbocycles. The third-order valence-corrected chi connectivity index (χ3v) is 4.22. The minimum Gasteiger partial charge on any atom is -0.494 e. The zero-order valence-electron chi connectivity index (χ0n) is 17.0. The number of ether oxygens (including phenoxy) is 2. The molecule has 0 aliphatic carbocycles. The molecule has 0 aliphatic rings. The Morgan fingerprint density at radius 2 is 1.64 bits per heavy atom. The SMILES string of the molecule is CCCCCOc1ccc(C=NNC(=O)COc2ccc(C(C)C)cc2)cc1. The molecule has 150 valence electrons. The lowest BCUT2D eigenvalue weighted by Gasteiger charge is -2.08. The fourth-order valence-electron chi connectivity index (χ4n) is 2.50. The highest BCUT2D eigenvalue weighted by Crippen LogP contribution is 2.18. The van der Waals surface area contributed by atoms with Crippen LogP contribution in [0.4, 0.5) is 0 Å². The summed E-state index contributed by atoms with van der Waals surface area (Å²) in [6.07, 6.45) is 5.02. The molecular formula is C23H30N2O3. The lowest BCUT2D eigenvalue weighted by atomic mass is 10.0. The summed E-state index contributed by atoms with van der Waals surface area (Å²) in [6.45, 7) is 7.09. The number of amides is 1. The first-order chi connectivity index (χ1) is 13.6. The summed E-state index contributed by atoms with van der Waals surface area (Å²) in [4.78, 5) is 11.8. The van der Waals surface area contributed by atoms with E-state index in [9.17, 15) is 4.79 Å². The van der Waals surface area contributed by atoms with Crippen LogP contribution >= 0.6 is 0 Å². The smallest absolute Gasteiger partial charge is 0.277 e. The van der Waals surface area contributed by atoms with Gasteiger partial charge >= 0.3 is 0 Å². The molecule has 0 unspecified atom stereocenters. The highest BCUT2D eigenvalue weighted by Gasteiger charge is 2.03. The number of unbranched alkanes of at least 4 members (excludes halogenated alkanes) is 2. The highest BCUT2D eigenvalue weighted by atomic mass is 16.5. The summed E-state index contributed by atoms with van der Waals surface area (Å²) in [5, 5.41) is 3.96. The summed E-state index contributed by atoms with van der Waals surface area (Å²) in [6, 6.07) is 15.4. The van der Waals surface area contributed by atoms with Gasteiger partial charge in [-0.05, 0) is 59.9 Å². The van der Waals surface area contributed by atoms with E-state index in [4.69, 9.17) is 9.47 Å². The van der Waals surface area contributed by atoms with Gasteiger partial charge in [0, 0.05) is 0 Å². The molecule has 28 heavy (non-hydrogen) atoms. The van der Waals surface area contributed by atoms with E-state index in [-0.39, 0.29) is 12.5 Å². The van der Waals surface area contributed by atoms with Gasteiger partial charge in [0.05, 0.1) is 12.8 Å². The van der Waals surface area contributed by atoms with Crippen molar-refractivity contribution in [2.24, 2.45) is 5.10 Å². The largest absolute Gasteiger partial charge is 0.494 e. The standard InChI is InChI=1S/C23H30N2O3/c1-4-5-6-15-27-21-11-7-19(8-12-21)16-24-25-23(26)17-28-22-13-9-20(10-14-22)18(2)3/h7-14,16,18H,4-6,15,17H2,1-3H3,(H,25,26). The van der Waals surface area contributed by atoms with Crippen LogP contribution in [0.3, 0.4) is 0 Å². The topological polar surface area (TPSA) is 59.9 Å². The van der Waals surface area contributed by atoms with Crippen LogP contribution < -0.4 is 14.9 Å². The molecule has 0 aromatic heterocycles. The number of hydrogen-bond acceptors (Lipinski definition) is 4. The Morgan fingerprint density at radius 3 is 2.29 bits per heavy atom. The monoisotopic (exact) mass is 382 g/mol. The molecule has 1 N–H and O–H groups in total. The number of nitrogens with zero attached hydrogens (tertiary/aromatic N) is 1. The normalized spacial score (nSPS) is 11.0. The number of hydrogen-bond donors (Lipinski definition) is 1. The van der Waals surface area contributed by atoms with Crippen LogP contribution in [0.2, 0.25) is 0 Å². The second-order valence-electron chi connectivity index (χ2n) is 6.93. The van der Waals surface area contributed by atoms with Gasteiger partial charge in [-0.15, -0.1) is 0 Å². The number of carbonyl (C=O) groups is 1. The molecule has 1 amide bonds. The van der Waals surface area contributed by atoms with Crippen molar-refractivity contribution in [2.75, 3.05) is 13.2 Å². The van der Waals surface area contributed by atoms with Crippen molar-refractivity contribution >= 4 is 12.1 Å². The maximum atomic E-state index is 11.8. The number of benzene rings is 2. The van der Waals surface area contributed by atoms with Crippen LogP contribution in [0.1, 0.15) is 57.1 Å². The Balaban J connectivity index is 1.70. The van der Waals surface area contributed by atoms with E-state index < -0.39 is 0 Å². The Labute approximate surface area is 167 Å². The van der Waals surface area contributed by atoms with E-state index in [0.29, 0.717) is 11.7 Å². The maximum absolute atomic E-state index is 11.8. The quantitative estimate of drug-likeness (QED) is 0.341. The van der Waals surface area contributed by atoms with Crippen molar-refractivity contribution in [3.8, 4) is 11.5 Å². The van der Waals surface area contributed by atoms with E-state index >= 15 is 0 Å². The molecule has 5 heteroatoms. The molecule has 0 atom stereocenters. The molecule has 0 saturated heterocycles. The molecule has 0 saturated carbocycles. The fraction of sp³-hybridized carbons (Fsp3) is 0.391. The van der Waals surface area contributed by atoms with Gasteiger partial charge in [-0.1, -0.05) is 45.7 Å². The molecular weight excluding hydrogens is 352 g/mol. The highest BCUT2D eigenvalue weighted by molar-refractivity contribution is 5.83. The van der Waals surface area contributed by atoms with Crippen LogP contribution in [-0.2, 0) is 4.79 Å². The van der Waals surface area contributed by atoms with Gasteiger partial charge in [-0.3, -0.25) is 4.79 Å². The van der Waals surface area contributed by atoms with Crippen molar-refractivity contribution < 1.29 is 14.3 Å². The second-order valence-corrected chi connectivity index (χ2v) is 6.93. The molecule has 0 heterocycles. The van der Waals surface area contributed by atoms with Gasteiger partial charge in [0.2, 0.25) is 0 Å². The lowest BCUT2D eigenvalue weighted by molar-refractivity contribution is -0.123. The van der Waals surface area contributed by atoms with Crippen molar-refractivity contribution in [2.45, 2.75) is 46.0 Å². The van der Waals surface area contributed by atoms with E-state index in [2.05, 4.69) is 31.3 Å². The molecule has 0 radical (unpaired) electrons. The van der Waals surface area contributed by atoms with Gasteiger partial charge < -0.3 is 9.47 Å². The van der Waals surface area contributed by atoms with E-state index in [1.807, 2.05) is 48.5 Å². The zero-order chi connectivity index (χ0) is 20.2. The Bertz CT molecular complexity index is 737. The van der Waals surface area contributed by atoms with Crippen molar-refractivity contribution in [1.82, 2.24) is 5.43 Å². The van der Waals surface area contributed by atoms with Crippen LogP contribution in [0.5, 0.6) is 11.5 Å². The predicted octanol–water partition coefficient (Wildman–Crippen LogP) is 4.91. The minimum atomic E-state index is -0.305. The third kappa shape index (κ3) is 7.82.